The molecule has 0 aromatic carbocycles. The Kier molecular flexibility index (Phi) is 4.65. The summed E-state index contributed by atoms with van der Waals surface area (Å²) in [5, 5.41) is 4.18. The summed E-state index contributed by atoms with van der Waals surface area (Å²) in [4.78, 5) is 4.20. The standard InChI is InChI=1S/C14H18F3N3/c1-2-6-18-9-11-10-20(8-5-14(15,16)17)13-12(11)4-3-7-19-13/h3-4,7,10,18H,2,5-6,8-9H2,1H3. The molecule has 0 unspecified atom stereocenters. The Hall–Kier alpha value is -1.56. The fraction of sp³-hybridized carbons (Fsp3) is 0.500. The van der Waals surface area contributed by atoms with E-state index in [2.05, 4.69) is 17.2 Å². The molecule has 0 saturated heterocycles. The zero-order valence-corrected chi connectivity index (χ0v) is 11.4. The van der Waals surface area contributed by atoms with Crippen LogP contribution < -0.4 is 5.32 Å². The molecule has 0 amide bonds. The number of nitrogens with zero attached hydrogens (tertiary/aromatic N) is 2. The molecule has 20 heavy (non-hydrogen) atoms. The zero-order valence-electron chi connectivity index (χ0n) is 11.4. The van der Waals surface area contributed by atoms with Crippen LogP contribution in [0.5, 0.6) is 0 Å². The van der Waals surface area contributed by atoms with Crippen LogP contribution in [0.2, 0.25) is 0 Å². The average molecular weight is 285 g/mol. The predicted molar refractivity (Wildman–Crippen MR) is 72.4 cm³/mol. The average Bonchev–Trinajstić information content (AvgIpc) is 2.75. The second kappa shape index (κ2) is 6.26. The summed E-state index contributed by atoms with van der Waals surface area (Å²) >= 11 is 0. The lowest BCUT2D eigenvalue weighted by Crippen LogP contribution is -2.14. The second-order valence-corrected chi connectivity index (χ2v) is 4.76. The molecule has 1 N–H and O–H groups in total. The predicted octanol–water partition coefficient (Wildman–Crippen LogP) is 3.49. The number of aryl methyl sites for hydroxylation is 1. The van der Waals surface area contributed by atoms with Crippen LogP contribution in [-0.2, 0) is 13.1 Å². The first kappa shape index (κ1) is 14.8. The van der Waals surface area contributed by atoms with Gasteiger partial charge in [0.1, 0.15) is 5.65 Å². The van der Waals surface area contributed by atoms with Crippen LogP contribution in [0.4, 0.5) is 13.2 Å². The van der Waals surface area contributed by atoms with Crippen molar-refractivity contribution in [2.24, 2.45) is 0 Å². The lowest BCUT2D eigenvalue weighted by Gasteiger charge is -2.07. The molecule has 2 aromatic heterocycles. The highest BCUT2D eigenvalue weighted by Gasteiger charge is 2.27. The van der Waals surface area contributed by atoms with E-state index in [1.54, 1.807) is 23.0 Å². The molecule has 0 bridgehead atoms. The van der Waals surface area contributed by atoms with Gasteiger partial charge in [0, 0.05) is 30.9 Å². The Morgan fingerprint density at radius 1 is 1.35 bits per heavy atom. The van der Waals surface area contributed by atoms with Crippen molar-refractivity contribution in [2.75, 3.05) is 6.54 Å². The highest BCUT2D eigenvalue weighted by atomic mass is 19.4. The Labute approximate surface area is 115 Å². The minimum Gasteiger partial charge on any atom is -0.332 e. The summed E-state index contributed by atoms with van der Waals surface area (Å²) in [6.07, 6.45) is -0.589. The van der Waals surface area contributed by atoms with Crippen molar-refractivity contribution >= 4 is 11.0 Å². The van der Waals surface area contributed by atoms with E-state index < -0.39 is 12.6 Å². The lowest BCUT2D eigenvalue weighted by atomic mass is 10.2. The third-order valence-corrected chi connectivity index (χ3v) is 3.09. The topological polar surface area (TPSA) is 29.9 Å². The van der Waals surface area contributed by atoms with Crippen LogP contribution in [0, 0.1) is 0 Å². The molecular formula is C14H18F3N3. The van der Waals surface area contributed by atoms with Gasteiger partial charge in [0.05, 0.1) is 6.42 Å². The third kappa shape index (κ3) is 3.72. The highest BCUT2D eigenvalue weighted by molar-refractivity contribution is 5.80. The van der Waals surface area contributed by atoms with E-state index in [-0.39, 0.29) is 6.54 Å². The first-order chi connectivity index (χ1) is 9.51. The van der Waals surface area contributed by atoms with Crippen molar-refractivity contribution in [2.45, 2.75) is 39.0 Å². The number of hydrogen-bond donors (Lipinski definition) is 1. The Balaban J connectivity index is 2.21. The largest absolute Gasteiger partial charge is 0.390 e. The molecule has 0 aliphatic carbocycles. The maximum Gasteiger partial charge on any atom is 0.390 e. The Morgan fingerprint density at radius 2 is 2.15 bits per heavy atom. The minimum atomic E-state index is -4.15. The van der Waals surface area contributed by atoms with E-state index in [1.807, 2.05) is 6.07 Å². The van der Waals surface area contributed by atoms with Crippen molar-refractivity contribution in [3.8, 4) is 0 Å². The van der Waals surface area contributed by atoms with Crippen molar-refractivity contribution < 1.29 is 13.2 Å². The third-order valence-electron chi connectivity index (χ3n) is 3.09. The summed E-state index contributed by atoms with van der Waals surface area (Å²) in [5.41, 5.74) is 1.61. The molecule has 6 heteroatoms. The Bertz CT molecular complexity index is 560. The number of fused-ring (bicyclic) bond motifs is 1. The van der Waals surface area contributed by atoms with Crippen LogP contribution >= 0.6 is 0 Å². The van der Waals surface area contributed by atoms with Gasteiger partial charge in [0.15, 0.2) is 0 Å². The molecule has 2 aromatic rings. The van der Waals surface area contributed by atoms with Gasteiger partial charge in [0.25, 0.3) is 0 Å². The van der Waals surface area contributed by atoms with E-state index in [0.717, 1.165) is 23.9 Å². The Morgan fingerprint density at radius 3 is 2.85 bits per heavy atom. The number of aromatic nitrogens is 2. The van der Waals surface area contributed by atoms with E-state index in [9.17, 15) is 13.2 Å². The normalized spacial score (nSPS) is 12.2. The quantitative estimate of drug-likeness (QED) is 0.823. The monoisotopic (exact) mass is 285 g/mol. The molecule has 0 aliphatic heterocycles. The van der Waals surface area contributed by atoms with Crippen molar-refractivity contribution in [1.29, 1.82) is 0 Å². The molecule has 0 atom stereocenters. The van der Waals surface area contributed by atoms with Crippen molar-refractivity contribution in [3.05, 3.63) is 30.1 Å². The number of pyridine rings is 1. The second-order valence-electron chi connectivity index (χ2n) is 4.76. The van der Waals surface area contributed by atoms with Gasteiger partial charge in [-0.25, -0.2) is 4.98 Å². The number of alkyl halides is 3. The fourth-order valence-corrected chi connectivity index (χ4v) is 2.15. The summed E-state index contributed by atoms with van der Waals surface area (Å²) in [5.74, 6) is 0. The lowest BCUT2D eigenvalue weighted by molar-refractivity contribution is -0.136. The maximum absolute atomic E-state index is 12.4. The van der Waals surface area contributed by atoms with E-state index in [4.69, 9.17) is 0 Å². The first-order valence-electron chi connectivity index (χ1n) is 6.71. The smallest absolute Gasteiger partial charge is 0.332 e. The fourth-order valence-electron chi connectivity index (χ4n) is 2.15. The molecular weight excluding hydrogens is 267 g/mol. The molecule has 0 saturated carbocycles. The molecule has 2 rings (SSSR count). The van der Waals surface area contributed by atoms with Crippen LogP contribution in [0.1, 0.15) is 25.3 Å². The molecule has 3 nitrogen and oxygen atoms in total. The number of nitrogens with one attached hydrogen (secondary N) is 1. The number of halogens is 3. The summed E-state index contributed by atoms with van der Waals surface area (Å²) in [6.45, 7) is 3.51. The first-order valence-corrected chi connectivity index (χ1v) is 6.71. The zero-order chi connectivity index (χ0) is 14.6. The highest BCUT2D eigenvalue weighted by Crippen LogP contribution is 2.24. The summed E-state index contributed by atoms with van der Waals surface area (Å²) in [6, 6.07) is 3.70. The van der Waals surface area contributed by atoms with Gasteiger partial charge in [-0.2, -0.15) is 13.2 Å². The van der Waals surface area contributed by atoms with Gasteiger partial charge < -0.3 is 9.88 Å². The van der Waals surface area contributed by atoms with E-state index in [1.165, 1.54) is 0 Å². The molecule has 0 radical (unpaired) electrons. The van der Waals surface area contributed by atoms with Gasteiger partial charge in [0.2, 0.25) is 0 Å². The summed E-state index contributed by atoms with van der Waals surface area (Å²) < 4.78 is 38.6. The van der Waals surface area contributed by atoms with Gasteiger partial charge in [-0.15, -0.1) is 0 Å². The molecule has 110 valence electrons. The number of rotatable bonds is 6. The van der Waals surface area contributed by atoms with E-state index >= 15 is 0 Å². The van der Waals surface area contributed by atoms with Gasteiger partial charge in [-0.05, 0) is 30.7 Å². The summed E-state index contributed by atoms with van der Waals surface area (Å²) in [7, 11) is 0. The molecule has 0 fully saturated rings. The molecule has 0 spiro atoms. The van der Waals surface area contributed by atoms with Crippen molar-refractivity contribution in [1.82, 2.24) is 14.9 Å². The van der Waals surface area contributed by atoms with Gasteiger partial charge in [-0.1, -0.05) is 6.92 Å². The minimum absolute atomic E-state index is 0.0925. The van der Waals surface area contributed by atoms with Gasteiger partial charge >= 0.3 is 6.18 Å². The van der Waals surface area contributed by atoms with Gasteiger partial charge in [-0.3, -0.25) is 0 Å². The molecule has 2 heterocycles. The van der Waals surface area contributed by atoms with Crippen LogP contribution in [0.25, 0.3) is 11.0 Å². The van der Waals surface area contributed by atoms with Crippen LogP contribution in [0.15, 0.2) is 24.5 Å². The van der Waals surface area contributed by atoms with Crippen LogP contribution in [-0.4, -0.2) is 22.3 Å². The van der Waals surface area contributed by atoms with E-state index in [0.29, 0.717) is 12.2 Å². The maximum atomic E-state index is 12.4. The molecule has 0 aliphatic rings. The van der Waals surface area contributed by atoms with Crippen molar-refractivity contribution in [3.63, 3.8) is 0 Å². The number of hydrogen-bond acceptors (Lipinski definition) is 2. The van der Waals surface area contributed by atoms with Crippen LogP contribution in [0.3, 0.4) is 0 Å². The SMILES string of the molecule is CCCNCc1cn(CCC(F)(F)F)c2ncccc12.